The highest BCUT2D eigenvalue weighted by Gasteiger charge is 2.41. The third-order valence-electron chi connectivity index (χ3n) is 5.06. The summed E-state index contributed by atoms with van der Waals surface area (Å²) in [6.45, 7) is 1.87. The Morgan fingerprint density at radius 1 is 1.27 bits per heavy atom. The minimum absolute atomic E-state index is 0.118. The number of carbonyl (C=O) groups excluding carboxylic acids is 3. The van der Waals surface area contributed by atoms with Crippen molar-refractivity contribution in [1.29, 1.82) is 0 Å². The molecule has 3 heterocycles. The lowest BCUT2D eigenvalue weighted by atomic mass is 9.86. The molecule has 26 heavy (non-hydrogen) atoms. The van der Waals surface area contributed by atoms with Crippen LogP contribution in [0, 0.1) is 0 Å². The second-order valence-electron chi connectivity index (χ2n) is 6.77. The van der Waals surface area contributed by atoms with E-state index in [9.17, 15) is 19.5 Å². The van der Waals surface area contributed by atoms with Gasteiger partial charge in [-0.25, -0.2) is 0 Å². The molecule has 1 saturated heterocycles. The van der Waals surface area contributed by atoms with Crippen molar-refractivity contribution in [3.05, 3.63) is 23.3 Å². The highest BCUT2D eigenvalue weighted by atomic mass is 16.7. The van der Waals surface area contributed by atoms with Crippen molar-refractivity contribution >= 4 is 17.7 Å². The fourth-order valence-electron chi connectivity index (χ4n) is 3.82. The van der Waals surface area contributed by atoms with Gasteiger partial charge in [-0.15, -0.1) is 0 Å². The first-order valence-corrected chi connectivity index (χ1v) is 8.53. The summed E-state index contributed by atoms with van der Waals surface area (Å²) in [5, 5.41) is 10.4. The van der Waals surface area contributed by atoms with Gasteiger partial charge in [0.15, 0.2) is 11.5 Å². The van der Waals surface area contributed by atoms with Crippen LogP contribution >= 0.6 is 0 Å². The molecule has 2 bridgehead atoms. The average molecular weight is 361 g/mol. The minimum Gasteiger partial charge on any atom is -0.454 e. The van der Waals surface area contributed by atoms with Crippen molar-refractivity contribution in [2.75, 3.05) is 13.3 Å². The van der Waals surface area contributed by atoms with E-state index in [1.54, 1.807) is 12.1 Å². The fourth-order valence-corrected chi connectivity index (χ4v) is 3.82. The van der Waals surface area contributed by atoms with Crippen LogP contribution in [0.25, 0.3) is 0 Å². The van der Waals surface area contributed by atoms with Crippen LogP contribution in [0.5, 0.6) is 11.5 Å². The molecule has 0 radical (unpaired) electrons. The smallest absolute Gasteiger partial charge is 0.303 e. The number of esters is 1. The van der Waals surface area contributed by atoms with Crippen LogP contribution in [0.2, 0.25) is 0 Å². The summed E-state index contributed by atoms with van der Waals surface area (Å²) >= 11 is 0. The van der Waals surface area contributed by atoms with Gasteiger partial charge >= 0.3 is 5.97 Å². The van der Waals surface area contributed by atoms with Crippen molar-refractivity contribution in [3.63, 3.8) is 0 Å². The first kappa shape index (κ1) is 16.8. The third-order valence-corrected chi connectivity index (χ3v) is 5.06. The highest BCUT2D eigenvalue weighted by molar-refractivity contribution is 5.91. The number of nitrogens with zero attached hydrogens (tertiary/aromatic N) is 1. The lowest BCUT2D eigenvalue weighted by molar-refractivity contribution is -0.167. The molecule has 3 atom stereocenters. The van der Waals surface area contributed by atoms with Gasteiger partial charge in [-0.3, -0.25) is 14.4 Å². The van der Waals surface area contributed by atoms with E-state index < -0.39 is 30.0 Å². The summed E-state index contributed by atoms with van der Waals surface area (Å²) in [6, 6.07) is 3.59. The number of aliphatic hydroxyl groups excluding tert-OH is 1. The number of hydrogen-bond donors (Lipinski definition) is 1. The molecule has 1 fully saturated rings. The predicted molar refractivity (Wildman–Crippen MR) is 86.5 cm³/mol. The molecule has 0 aromatic heterocycles. The lowest BCUT2D eigenvalue weighted by Crippen LogP contribution is -2.47. The molecule has 1 N–H and O–H groups in total. The predicted octanol–water partition coefficient (Wildman–Crippen LogP) is 0.497. The van der Waals surface area contributed by atoms with E-state index in [1.807, 2.05) is 0 Å². The molecule has 4 rings (SSSR count). The van der Waals surface area contributed by atoms with Crippen LogP contribution in [-0.4, -0.2) is 53.2 Å². The zero-order valence-electron chi connectivity index (χ0n) is 14.3. The van der Waals surface area contributed by atoms with Gasteiger partial charge in [0.1, 0.15) is 11.9 Å². The molecule has 8 nitrogen and oxygen atoms in total. The molecule has 0 unspecified atom stereocenters. The average Bonchev–Trinajstić information content (AvgIpc) is 2.96. The molecule has 8 heteroatoms. The summed E-state index contributed by atoms with van der Waals surface area (Å²) < 4.78 is 15.9. The largest absolute Gasteiger partial charge is 0.454 e. The van der Waals surface area contributed by atoms with Crippen molar-refractivity contribution in [3.8, 4) is 11.5 Å². The number of benzene rings is 1. The molecule has 0 aliphatic carbocycles. The summed E-state index contributed by atoms with van der Waals surface area (Å²) in [7, 11) is 0. The van der Waals surface area contributed by atoms with Gasteiger partial charge in [0.05, 0.1) is 0 Å². The quantitative estimate of drug-likeness (QED) is 0.727. The molecule has 3 aliphatic heterocycles. The maximum absolute atomic E-state index is 12.9. The number of ether oxygens (including phenoxy) is 3. The van der Waals surface area contributed by atoms with E-state index in [0.717, 1.165) is 11.1 Å². The SMILES string of the molecule is CC(=O)O[C@H]1C(=O)N2CC[C@H](C(=O)C[C@H]1O)c1cc3c(cc1C2)OCO3. The molecule has 1 amide bonds. The van der Waals surface area contributed by atoms with E-state index in [0.29, 0.717) is 24.5 Å². The Balaban J connectivity index is 1.78. The van der Waals surface area contributed by atoms with Gasteiger partial charge in [0.2, 0.25) is 12.9 Å². The van der Waals surface area contributed by atoms with Crippen LogP contribution in [-0.2, 0) is 25.7 Å². The summed E-state index contributed by atoms with van der Waals surface area (Å²) in [5.74, 6) is -0.651. The Labute approximate surface area is 149 Å². The first-order chi connectivity index (χ1) is 12.4. The number of rotatable bonds is 1. The Bertz CT molecular complexity index is 790. The van der Waals surface area contributed by atoms with E-state index in [2.05, 4.69) is 0 Å². The summed E-state index contributed by atoms with van der Waals surface area (Å²) in [5.41, 5.74) is 1.60. The van der Waals surface area contributed by atoms with E-state index >= 15 is 0 Å². The highest BCUT2D eigenvalue weighted by Crippen LogP contribution is 2.41. The molecule has 0 spiro atoms. The van der Waals surface area contributed by atoms with Gasteiger partial charge < -0.3 is 24.2 Å². The Morgan fingerprint density at radius 2 is 2.00 bits per heavy atom. The molecule has 1 aromatic rings. The normalized spacial score (nSPS) is 27.3. The maximum Gasteiger partial charge on any atom is 0.303 e. The zero-order chi connectivity index (χ0) is 18.4. The van der Waals surface area contributed by atoms with Crippen LogP contribution in [0.4, 0.5) is 0 Å². The third kappa shape index (κ3) is 2.80. The van der Waals surface area contributed by atoms with Crippen LogP contribution in [0.15, 0.2) is 12.1 Å². The summed E-state index contributed by atoms with van der Waals surface area (Å²) in [4.78, 5) is 38.6. The zero-order valence-corrected chi connectivity index (χ0v) is 14.3. The first-order valence-electron chi connectivity index (χ1n) is 8.53. The molecule has 1 aromatic carbocycles. The number of hydrogen-bond acceptors (Lipinski definition) is 7. The minimum atomic E-state index is -1.37. The number of Topliss-reactive ketones (excluding diaryl/α,β-unsaturated/α-hetero) is 1. The van der Waals surface area contributed by atoms with E-state index in [-0.39, 0.29) is 25.5 Å². The molecule has 138 valence electrons. The van der Waals surface area contributed by atoms with Crippen LogP contribution < -0.4 is 9.47 Å². The van der Waals surface area contributed by atoms with Gasteiger partial charge in [-0.05, 0) is 29.7 Å². The van der Waals surface area contributed by atoms with E-state index in [4.69, 9.17) is 14.2 Å². The fraction of sp³-hybridized carbons (Fsp3) is 0.500. The van der Waals surface area contributed by atoms with Crippen LogP contribution in [0.3, 0.4) is 0 Å². The van der Waals surface area contributed by atoms with Crippen molar-refractivity contribution < 1.29 is 33.7 Å². The Morgan fingerprint density at radius 3 is 2.73 bits per heavy atom. The van der Waals surface area contributed by atoms with Gasteiger partial charge in [-0.1, -0.05) is 0 Å². The number of aliphatic hydroxyl groups is 1. The maximum atomic E-state index is 12.9. The molecule has 3 aliphatic rings. The number of fused-ring (bicyclic) bond motifs is 6. The van der Waals surface area contributed by atoms with Crippen molar-refractivity contribution in [2.24, 2.45) is 0 Å². The second-order valence-corrected chi connectivity index (χ2v) is 6.77. The van der Waals surface area contributed by atoms with Gasteiger partial charge in [0.25, 0.3) is 5.91 Å². The standard InChI is InChI=1S/C18H19NO7/c1-9(20)26-17-14(22)6-13(21)11-2-3-19(18(17)23)7-10-4-15-16(5-12(10)11)25-8-24-15/h4-5,11,14,17,22H,2-3,6-8H2,1H3/t11-,14+,17+/m0/s1. The number of ketones is 1. The molecular weight excluding hydrogens is 342 g/mol. The number of carbonyl (C=O) groups is 3. The van der Waals surface area contributed by atoms with Gasteiger partial charge in [0, 0.05) is 32.4 Å². The second kappa shape index (κ2) is 6.28. The van der Waals surface area contributed by atoms with Crippen LogP contribution in [0.1, 0.15) is 36.8 Å². The molecule has 0 saturated carbocycles. The monoisotopic (exact) mass is 361 g/mol. The lowest BCUT2D eigenvalue weighted by Gasteiger charge is -2.28. The van der Waals surface area contributed by atoms with Crippen molar-refractivity contribution in [2.45, 2.75) is 44.4 Å². The summed E-state index contributed by atoms with van der Waals surface area (Å²) in [6.07, 6.45) is -2.55. The number of amides is 1. The molecular formula is C18H19NO7. The van der Waals surface area contributed by atoms with Gasteiger partial charge in [-0.2, -0.15) is 0 Å². The van der Waals surface area contributed by atoms with E-state index in [1.165, 1.54) is 11.8 Å². The van der Waals surface area contributed by atoms with Crippen molar-refractivity contribution in [1.82, 2.24) is 4.90 Å². The topological polar surface area (TPSA) is 102 Å². The Hall–Kier alpha value is -2.61. The Kier molecular flexibility index (Phi) is 4.07.